The van der Waals surface area contributed by atoms with E-state index in [0.717, 1.165) is 18.9 Å². The molecule has 1 aliphatic heterocycles. The number of phenols is 1. The first-order valence-corrected chi connectivity index (χ1v) is 8.95. The van der Waals surface area contributed by atoms with E-state index in [4.69, 9.17) is 0 Å². The fourth-order valence-corrected chi connectivity index (χ4v) is 3.61. The highest BCUT2D eigenvalue weighted by Crippen LogP contribution is 2.32. The van der Waals surface area contributed by atoms with Crippen LogP contribution in [-0.4, -0.2) is 27.7 Å². The van der Waals surface area contributed by atoms with Crippen LogP contribution in [0.1, 0.15) is 26.7 Å². The van der Waals surface area contributed by atoms with Gasteiger partial charge in [-0.1, -0.05) is 32.0 Å². The number of para-hydroxylation sites is 1. The van der Waals surface area contributed by atoms with Crippen molar-refractivity contribution in [1.82, 2.24) is 9.47 Å². The molecule has 0 unspecified atom stereocenters. The number of hydrogen-bond donors (Lipinski definition) is 1. The highest BCUT2D eigenvalue weighted by molar-refractivity contribution is 5.82. The average molecular weight is 373 g/mol. The summed E-state index contributed by atoms with van der Waals surface area (Å²) in [6.07, 6.45) is 1.73. The molecule has 0 saturated carbocycles. The van der Waals surface area contributed by atoms with Crippen LogP contribution in [-0.2, 0) is 0 Å². The Bertz CT molecular complexity index is 1060. The second-order valence-corrected chi connectivity index (χ2v) is 7.78. The quantitative estimate of drug-likeness (QED) is 0.748. The van der Waals surface area contributed by atoms with Crippen LogP contribution in [0.4, 0.5) is 8.78 Å². The summed E-state index contributed by atoms with van der Waals surface area (Å²) in [6, 6.07) is 9.74. The standard InChI is InChI=1S/C20H21F2N3O2/c1-20(2)8-10-23(11-9-20)25-17-14(12-15(21)18(26)16(17)22)19(27)24(25)13-6-4-3-5-7-13/h3-7,12,26H,8-11H2,1-2H3. The molecule has 27 heavy (non-hydrogen) atoms. The first-order valence-electron chi connectivity index (χ1n) is 8.95. The van der Waals surface area contributed by atoms with E-state index in [-0.39, 0.29) is 16.3 Å². The van der Waals surface area contributed by atoms with Gasteiger partial charge < -0.3 is 5.11 Å². The summed E-state index contributed by atoms with van der Waals surface area (Å²) in [5, 5.41) is 11.6. The molecule has 5 nitrogen and oxygen atoms in total. The largest absolute Gasteiger partial charge is 0.503 e. The zero-order valence-electron chi connectivity index (χ0n) is 15.2. The van der Waals surface area contributed by atoms with E-state index >= 15 is 0 Å². The fourth-order valence-electron chi connectivity index (χ4n) is 3.61. The summed E-state index contributed by atoms with van der Waals surface area (Å²) in [7, 11) is 0. The molecule has 3 aromatic rings. The first-order chi connectivity index (χ1) is 12.8. The summed E-state index contributed by atoms with van der Waals surface area (Å²) in [6.45, 7) is 5.57. The third kappa shape index (κ3) is 2.78. The number of nitrogens with zero attached hydrogens (tertiary/aromatic N) is 3. The molecule has 1 aliphatic rings. The third-order valence-corrected chi connectivity index (χ3v) is 5.34. The molecule has 1 N–H and O–H groups in total. The molecule has 7 heteroatoms. The van der Waals surface area contributed by atoms with Gasteiger partial charge in [0, 0.05) is 13.1 Å². The van der Waals surface area contributed by atoms with Crippen molar-refractivity contribution in [3.8, 4) is 11.4 Å². The smallest absolute Gasteiger partial charge is 0.281 e. The van der Waals surface area contributed by atoms with Crippen LogP contribution in [0.3, 0.4) is 0 Å². The Balaban J connectivity index is 2.03. The number of hydrogen-bond acceptors (Lipinski definition) is 3. The maximum atomic E-state index is 14.8. The van der Waals surface area contributed by atoms with Crippen molar-refractivity contribution in [3.05, 3.63) is 58.4 Å². The zero-order chi connectivity index (χ0) is 19.3. The monoisotopic (exact) mass is 373 g/mol. The van der Waals surface area contributed by atoms with Gasteiger partial charge in [0.2, 0.25) is 0 Å². The number of aromatic hydroxyl groups is 1. The van der Waals surface area contributed by atoms with E-state index in [1.54, 1.807) is 24.3 Å². The molecule has 2 aromatic carbocycles. The lowest BCUT2D eigenvalue weighted by Crippen LogP contribution is -2.47. The molecule has 2 heterocycles. The number of rotatable bonds is 2. The zero-order valence-corrected chi connectivity index (χ0v) is 15.2. The Labute approximate surface area is 155 Å². The molecule has 4 rings (SSSR count). The van der Waals surface area contributed by atoms with E-state index in [2.05, 4.69) is 13.8 Å². The minimum Gasteiger partial charge on any atom is -0.503 e. The van der Waals surface area contributed by atoms with Crippen molar-refractivity contribution in [3.63, 3.8) is 0 Å². The topological polar surface area (TPSA) is 50.4 Å². The minimum atomic E-state index is -1.14. The van der Waals surface area contributed by atoms with E-state index in [1.165, 1.54) is 9.47 Å². The van der Waals surface area contributed by atoms with Crippen LogP contribution in [0.25, 0.3) is 16.6 Å². The SMILES string of the molecule is CC1(C)CCN(n2c3c(F)c(O)c(F)cc3c(=O)n2-c2ccccc2)CC1. The summed E-state index contributed by atoms with van der Waals surface area (Å²) < 4.78 is 30.1. The van der Waals surface area contributed by atoms with Gasteiger partial charge in [0.05, 0.1) is 11.1 Å². The molecule has 0 amide bonds. The van der Waals surface area contributed by atoms with Gasteiger partial charge >= 0.3 is 0 Å². The number of phenolic OH excluding ortho intramolecular Hbond substituents is 1. The summed E-state index contributed by atoms with van der Waals surface area (Å²) in [5.41, 5.74) is 0.0635. The van der Waals surface area contributed by atoms with Crippen molar-refractivity contribution < 1.29 is 13.9 Å². The first kappa shape index (κ1) is 17.6. The highest BCUT2D eigenvalue weighted by atomic mass is 19.1. The summed E-state index contributed by atoms with van der Waals surface area (Å²) >= 11 is 0. The minimum absolute atomic E-state index is 0.100. The lowest BCUT2D eigenvalue weighted by Gasteiger charge is -2.39. The number of fused-ring (bicyclic) bond motifs is 1. The second-order valence-electron chi connectivity index (χ2n) is 7.78. The Morgan fingerprint density at radius 2 is 1.70 bits per heavy atom. The van der Waals surface area contributed by atoms with Gasteiger partial charge in [-0.2, -0.15) is 9.47 Å². The van der Waals surface area contributed by atoms with Crippen LogP contribution in [0.15, 0.2) is 41.2 Å². The van der Waals surface area contributed by atoms with Crippen molar-refractivity contribution in [2.45, 2.75) is 26.7 Å². The molecule has 142 valence electrons. The molecule has 0 aliphatic carbocycles. The molecule has 1 aromatic heterocycles. The Morgan fingerprint density at radius 3 is 2.33 bits per heavy atom. The number of piperidine rings is 1. The Morgan fingerprint density at radius 1 is 1.07 bits per heavy atom. The molecule has 1 saturated heterocycles. The Hall–Kier alpha value is -2.83. The maximum Gasteiger partial charge on any atom is 0.281 e. The maximum absolute atomic E-state index is 14.8. The van der Waals surface area contributed by atoms with Crippen LogP contribution in [0.2, 0.25) is 0 Å². The number of halogens is 2. The lowest BCUT2D eigenvalue weighted by molar-refractivity contribution is 0.248. The molecule has 0 radical (unpaired) electrons. The van der Waals surface area contributed by atoms with Crippen molar-refractivity contribution in [2.75, 3.05) is 18.1 Å². The lowest BCUT2D eigenvalue weighted by atomic mass is 9.83. The van der Waals surface area contributed by atoms with Crippen molar-refractivity contribution in [2.24, 2.45) is 5.41 Å². The Kier molecular flexibility index (Phi) is 3.98. The van der Waals surface area contributed by atoms with Gasteiger partial charge in [-0.25, -0.2) is 8.78 Å². The van der Waals surface area contributed by atoms with Gasteiger partial charge in [-0.15, -0.1) is 0 Å². The molecule has 0 atom stereocenters. The highest BCUT2D eigenvalue weighted by Gasteiger charge is 2.30. The van der Waals surface area contributed by atoms with E-state index in [1.807, 2.05) is 11.1 Å². The fraction of sp³-hybridized carbons (Fsp3) is 0.350. The molecular formula is C20H21F2N3O2. The van der Waals surface area contributed by atoms with Gasteiger partial charge in [0.15, 0.2) is 17.4 Å². The molecule has 0 spiro atoms. The van der Waals surface area contributed by atoms with Gasteiger partial charge in [0.1, 0.15) is 5.52 Å². The van der Waals surface area contributed by atoms with Crippen LogP contribution >= 0.6 is 0 Å². The average Bonchev–Trinajstić information content (AvgIpc) is 2.93. The predicted octanol–water partition coefficient (Wildman–Crippen LogP) is 3.53. The van der Waals surface area contributed by atoms with Crippen LogP contribution < -0.4 is 10.6 Å². The van der Waals surface area contributed by atoms with Crippen LogP contribution in [0.5, 0.6) is 5.75 Å². The van der Waals surface area contributed by atoms with Gasteiger partial charge in [-0.05, 0) is 36.5 Å². The van der Waals surface area contributed by atoms with E-state index in [9.17, 15) is 18.7 Å². The van der Waals surface area contributed by atoms with Crippen LogP contribution in [0, 0.1) is 17.0 Å². The normalized spacial score (nSPS) is 16.8. The third-order valence-electron chi connectivity index (χ3n) is 5.34. The summed E-state index contributed by atoms with van der Waals surface area (Å²) in [5.74, 6) is -3.34. The van der Waals surface area contributed by atoms with E-state index < -0.39 is 22.9 Å². The number of aromatic nitrogens is 2. The molecule has 0 bridgehead atoms. The van der Waals surface area contributed by atoms with Crippen molar-refractivity contribution in [1.29, 1.82) is 0 Å². The molecule has 1 fully saturated rings. The van der Waals surface area contributed by atoms with Gasteiger partial charge in [-0.3, -0.25) is 9.80 Å². The summed E-state index contributed by atoms with van der Waals surface area (Å²) in [4.78, 5) is 14.5. The predicted molar refractivity (Wildman–Crippen MR) is 100 cm³/mol. The molecular weight excluding hydrogens is 352 g/mol. The number of benzene rings is 2. The van der Waals surface area contributed by atoms with Crippen molar-refractivity contribution >= 4 is 10.9 Å². The van der Waals surface area contributed by atoms with Gasteiger partial charge in [0.25, 0.3) is 5.56 Å². The second kappa shape index (κ2) is 6.11. The van der Waals surface area contributed by atoms with E-state index in [0.29, 0.717) is 18.8 Å².